The van der Waals surface area contributed by atoms with Crippen LogP contribution in [0, 0.1) is 11.7 Å². The molecule has 1 aromatic carbocycles. The molecule has 0 atom stereocenters. The summed E-state index contributed by atoms with van der Waals surface area (Å²) in [7, 11) is 0. The molecule has 2 heterocycles. The minimum atomic E-state index is -0.297. The van der Waals surface area contributed by atoms with Crippen LogP contribution in [0.15, 0.2) is 42.6 Å². The highest BCUT2D eigenvalue weighted by atomic mass is 19.1. The van der Waals surface area contributed by atoms with Crippen LogP contribution in [0.3, 0.4) is 0 Å². The molecule has 0 bridgehead atoms. The Morgan fingerprint density at radius 1 is 1.19 bits per heavy atom. The second kappa shape index (κ2) is 7.34. The summed E-state index contributed by atoms with van der Waals surface area (Å²) in [5.74, 6) is 0.644. The fraction of sp³-hybridized carbons (Fsp3) is 0.350. The number of nitrogens with one attached hydrogen (secondary N) is 1. The third-order valence-electron chi connectivity index (χ3n) is 4.91. The van der Waals surface area contributed by atoms with Gasteiger partial charge in [0, 0.05) is 37.9 Å². The Hall–Kier alpha value is -2.96. The highest BCUT2D eigenvalue weighted by molar-refractivity contribution is 5.97. The lowest BCUT2D eigenvalue weighted by molar-refractivity contribution is 0.0951. The first-order valence-corrected chi connectivity index (χ1v) is 9.15. The van der Waals surface area contributed by atoms with Gasteiger partial charge in [-0.3, -0.25) is 9.69 Å². The maximum atomic E-state index is 13.0. The van der Waals surface area contributed by atoms with Crippen LogP contribution in [-0.2, 0) is 6.54 Å². The molecule has 0 radical (unpaired) electrons. The third-order valence-corrected chi connectivity index (χ3v) is 4.91. The molecule has 140 valence electrons. The van der Waals surface area contributed by atoms with E-state index in [9.17, 15) is 14.0 Å². The van der Waals surface area contributed by atoms with E-state index in [0.29, 0.717) is 43.5 Å². The van der Waals surface area contributed by atoms with Crippen LogP contribution in [0.4, 0.5) is 15.0 Å². The molecule has 1 N–H and O–H groups in total. The fourth-order valence-electron chi connectivity index (χ4n) is 3.12. The maximum absolute atomic E-state index is 13.0. The van der Waals surface area contributed by atoms with E-state index in [2.05, 4.69) is 10.3 Å². The summed E-state index contributed by atoms with van der Waals surface area (Å²) in [5, 5.41) is 2.92. The first-order chi connectivity index (χ1) is 13.1. The standard InChI is InChI=1S/C20H21FN4O2/c21-17-5-3-15(4-6-17)13-24-9-10-25(20(24)27)18-11-16(7-8-22-18)19(26)23-12-14-1-2-14/h3-8,11,14H,1-2,9-10,12-13H2,(H,23,26). The van der Waals surface area contributed by atoms with Gasteiger partial charge in [-0.25, -0.2) is 14.2 Å². The Morgan fingerprint density at radius 3 is 2.70 bits per heavy atom. The fourth-order valence-corrected chi connectivity index (χ4v) is 3.12. The van der Waals surface area contributed by atoms with E-state index >= 15 is 0 Å². The summed E-state index contributed by atoms with van der Waals surface area (Å²) in [6.07, 6.45) is 3.90. The molecule has 0 spiro atoms. The van der Waals surface area contributed by atoms with Gasteiger partial charge in [-0.05, 0) is 48.6 Å². The SMILES string of the molecule is O=C(NCC1CC1)c1ccnc(N2CCN(Cc3ccc(F)cc3)C2=O)c1. The van der Waals surface area contributed by atoms with Crippen molar-refractivity contribution in [3.8, 4) is 0 Å². The lowest BCUT2D eigenvalue weighted by Gasteiger charge is -2.18. The first-order valence-electron chi connectivity index (χ1n) is 9.15. The number of rotatable bonds is 6. The average Bonchev–Trinajstić information content (AvgIpc) is 3.45. The molecule has 3 amide bonds. The molecule has 1 saturated carbocycles. The molecule has 1 aliphatic carbocycles. The van der Waals surface area contributed by atoms with Crippen molar-refractivity contribution < 1.29 is 14.0 Å². The summed E-state index contributed by atoms with van der Waals surface area (Å²) in [4.78, 5) is 32.5. The van der Waals surface area contributed by atoms with E-state index in [1.54, 1.807) is 40.3 Å². The lowest BCUT2D eigenvalue weighted by Crippen LogP contribution is -2.32. The van der Waals surface area contributed by atoms with Crippen LogP contribution in [0.25, 0.3) is 0 Å². The molecule has 1 aromatic heterocycles. The molecule has 1 aliphatic heterocycles. The van der Waals surface area contributed by atoms with Gasteiger partial charge in [0.05, 0.1) is 0 Å². The largest absolute Gasteiger partial charge is 0.352 e. The van der Waals surface area contributed by atoms with Crippen molar-refractivity contribution in [3.63, 3.8) is 0 Å². The summed E-state index contributed by atoms with van der Waals surface area (Å²) in [5.41, 5.74) is 1.37. The Kier molecular flexibility index (Phi) is 4.75. The van der Waals surface area contributed by atoms with E-state index in [4.69, 9.17) is 0 Å². The van der Waals surface area contributed by atoms with Crippen LogP contribution >= 0.6 is 0 Å². The summed E-state index contributed by atoms with van der Waals surface area (Å²) in [6.45, 7) is 2.16. The highest BCUT2D eigenvalue weighted by Gasteiger charge is 2.30. The minimum absolute atomic E-state index is 0.139. The van der Waals surface area contributed by atoms with Gasteiger partial charge in [0.25, 0.3) is 5.91 Å². The van der Waals surface area contributed by atoms with E-state index in [1.165, 1.54) is 25.0 Å². The van der Waals surface area contributed by atoms with Gasteiger partial charge in [-0.2, -0.15) is 0 Å². The van der Waals surface area contributed by atoms with E-state index < -0.39 is 0 Å². The predicted octanol–water partition coefficient (Wildman–Crippen LogP) is 2.80. The number of carbonyl (C=O) groups is 2. The molecule has 2 aromatic rings. The third kappa shape index (κ3) is 4.07. The Morgan fingerprint density at radius 2 is 1.96 bits per heavy atom. The number of benzene rings is 1. The summed E-state index contributed by atoms with van der Waals surface area (Å²) >= 11 is 0. The van der Waals surface area contributed by atoms with Gasteiger partial charge >= 0.3 is 6.03 Å². The number of nitrogens with zero attached hydrogens (tertiary/aromatic N) is 3. The van der Waals surface area contributed by atoms with E-state index in [-0.39, 0.29) is 17.8 Å². The van der Waals surface area contributed by atoms with Crippen LogP contribution in [0.1, 0.15) is 28.8 Å². The van der Waals surface area contributed by atoms with Gasteiger partial charge in [-0.1, -0.05) is 12.1 Å². The van der Waals surface area contributed by atoms with Gasteiger partial charge in [-0.15, -0.1) is 0 Å². The Balaban J connectivity index is 1.42. The van der Waals surface area contributed by atoms with Crippen LogP contribution in [-0.4, -0.2) is 41.5 Å². The van der Waals surface area contributed by atoms with Crippen LogP contribution in [0.2, 0.25) is 0 Å². The van der Waals surface area contributed by atoms with Crippen LogP contribution < -0.4 is 10.2 Å². The molecule has 2 aliphatic rings. The van der Waals surface area contributed by atoms with Gasteiger partial charge in [0.2, 0.25) is 0 Å². The monoisotopic (exact) mass is 368 g/mol. The van der Waals surface area contributed by atoms with Gasteiger partial charge in [0.15, 0.2) is 0 Å². The van der Waals surface area contributed by atoms with Crippen molar-refractivity contribution in [3.05, 3.63) is 59.5 Å². The Labute approximate surface area is 157 Å². The zero-order chi connectivity index (χ0) is 18.8. The molecule has 1 saturated heterocycles. The normalized spacial score (nSPS) is 16.7. The van der Waals surface area contributed by atoms with Crippen molar-refractivity contribution in [1.29, 1.82) is 0 Å². The summed E-state index contributed by atoms with van der Waals surface area (Å²) < 4.78 is 13.0. The van der Waals surface area contributed by atoms with Gasteiger partial charge < -0.3 is 10.2 Å². The average molecular weight is 368 g/mol. The number of aromatic nitrogens is 1. The molecular formula is C20H21FN4O2. The number of hydrogen-bond donors (Lipinski definition) is 1. The van der Waals surface area contributed by atoms with E-state index in [1.807, 2.05) is 0 Å². The molecule has 4 rings (SSSR count). The maximum Gasteiger partial charge on any atom is 0.326 e. The molecule has 7 heteroatoms. The quantitative estimate of drug-likeness (QED) is 0.853. The van der Waals surface area contributed by atoms with Crippen LogP contribution in [0.5, 0.6) is 0 Å². The van der Waals surface area contributed by atoms with Crippen molar-refractivity contribution in [1.82, 2.24) is 15.2 Å². The number of amides is 3. The second-order valence-corrected chi connectivity index (χ2v) is 7.04. The smallest absolute Gasteiger partial charge is 0.326 e. The summed E-state index contributed by atoms with van der Waals surface area (Å²) in [6, 6.07) is 9.27. The number of urea groups is 1. The number of halogens is 1. The number of hydrogen-bond acceptors (Lipinski definition) is 3. The molecular weight excluding hydrogens is 347 g/mol. The predicted molar refractivity (Wildman–Crippen MR) is 98.8 cm³/mol. The van der Waals surface area contributed by atoms with Crippen molar-refractivity contribution >= 4 is 17.8 Å². The topological polar surface area (TPSA) is 65.5 Å². The Bertz CT molecular complexity index is 851. The molecule has 2 fully saturated rings. The second-order valence-electron chi connectivity index (χ2n) is 7.04. The molecule has 6 nitrogen and oxygen atoms in total. The zero-order valence-electron chi connectivity index (χ0n) is 14.9. The molecule has 0 unspecified atom stereocenters. The van der Waals surface area contributed by atoms with Gasteiger partial charge in [0.1, 0.15) is 11.6 Å². The minimum Gasteiger partial charge on any atom is -0.352 e. The number of carbonyl (C=O) groups excluding carboxylic acids is 2. The number of anilines is 1. The highest BCUT2D eigenvalue weighted by Crippen LogP contribution is 2.27. The van der Waals surface area contributed by atoms with Crippen molar-refractivity contribution in [2.24, 2.45) is 5.92 Å². The van der Waals surface area contributed by atoms with Crippen molar-refractivity contribution in [2.75, 3.05) is 24.5 Å². The van der Waals surface area contributed by atoms with E-state index in [0.717, 1.165) is 5.56 Å². The van der Waals surface area contributed by atoms with Crippen molar-refractivity contribution in [2.45, 2.75) is 19.4 Å². The molecule has 27 heavy (non-hydrogen) atoms. The first kappa shape index (κ1) is 17.5. The zero-order valence-corrected chi connectivity index (χ0v) is 14.9. The number of pyridine rings is 1. The lowest BCUT2D eigenvalue weighted by atomic mass is 10.2.